The Morgan fingerprint density at radius 2 is 2.10 bits per heavy atom. The number of hydrogen-bond acceptors (Lipinski definition) is 4. The molecule has 21 heavy (non-hydrogen) atoms. The van der Waals surface area contributed by atoms with Crippen LogP contribution in [0.25, 0.3) is 0 Å². The number of nitrogens with one attached hydrogen (secondary N) is 1. The molecule has 0 atom stereocenters. The van der Waals surface area contributed by atoms with Crippen LogP contribution < -0.4 is 14.8 Å². The van der Waals surface area contributed by atoms with Crippen molar-refractivity contribution in [1.82, 2.24) is 5.32 Å². The van der Waals surface area contributed by atoms with Crippen molar-refractivity contribution in [2.75, 3.05) is 34.0 Å². The molecule has 0 bridgehead atoms. The van der Waals surface area contributed by atoms with E-state index in [1.807, 2.05) is 0 Å². The molecule has 2 rings (SSSR count). The van der Waals surface area contributed by atoms with Crippen molar-refractivity contribution in [2.24, 2.45) is 5.92 Å². The van der Waals surface area contributed by atoms with Gasteiger partial charge in [0, 0.05) is 19.8 Å². The maximum atomic E-state index is 12.2. The lowest BCUT2D eigenvalue weighted by atomic mass is 10.1. The Bertz CT molecular complexity index is 471. The van der Waals surface area contributed by atoms with E-state index in [-0.39, 0.29) is 5.91 Å². The van der Waals surface area contributed by atoms with E-state index in [0.29, 0.717) is 30.2 Å². The van der Waals surface area contributed by atoms with Gasteiger partial charge in [0.1, 0.15) is 0 Å². The summed E-state index contributed by atoms with van der Waals surface area (Å²) in [6.07, 6.45) is 3.41. The van der Waals surface area contributed by atoms with Crippen LogP contribution in [0.5, 0.6) is 11.5 Å². The monoisotopic (exact) mass is 293 g/mol. The molecular formula is C16H23NO4. The zero-order chi connectivity index (χ0) is 15.1. The van der Waals surface area contributed by atoms with Crippen LogP contribution in [0.2, 0.25) is 0 Å². The topological polar surface area (TPSA) is 56.8 Å². The molecule has 1 amide bonds. The predicted octanol–water partition coefficient (Wildman–Crippen LogP) is 2.25. The van der Waals surface area contributed by atoms with Gasteiger partial charge in [0.05, 0.1) is 19.8 Å². The number of para-hydroxylation sites is 1. The van der Waals surface area contributed by atoms with Crippen molar-refractivity contribution in [3.05, 3.63) is 23.8 Å². The first-order valence-corrected chi connectivity index (χ1v) is 7.33. The lowest BCUT2D eigenvalue weighted by molar-refractivity contribution is 0.0934. The number of carbonyl (C=O) groups excluding carboxylic acids is 1. The van der Waals surface area contributed by atoms with Gasteiger partial charge in [0.15, 0.2) is 11.5 Å². The summed E-state index contributed by atoms with van der Waals surface area (Å²) in [5.41, 5.74) is 0.482. The molecule has 1 fully saturated rings. The quantitative estimate of drug-likeness (QED) is 0.710. The van der Waals surface area contributed by atoms with Gasteiger partial charge in [-0.05, 0) is 37.3 Å². The van der Waals surface area contributed by atoms with E-state index >= 15 is 0 Å². The van der Waals surface area contributed by atoms with E-state index in [1.54, 1.807) is 25.3 Å². The number of amides is 1. The molecule has 1 aliphatic rings. The number of hydrogen-bond donors (Lipinski definition) is 1. The molecule has 0 radical (unpaired) electrons. The van der Waals surface area contributed by atoms with Gasteiger partial charge < -0.3 is 19.5 Å². The molecule has 1 N–H and O–H groups in total. The van der Waals surface area contributed by atoms with Crippen LogP contribution in [-0.2, 0) is 4.74 Å². The lowest BCUT2D eigenvalue weighted by Crippen LogP contribution is -2.25. The zero-order valence-electron chi connectivity index (χ0n) is 12.7. The van der Waals surface area contributed by atoms with Crippen LogP contribution in [-0.4, -0.2) is 39.9 Å². The Morgan fingerprint density at radius 1 is 1.29 bits per heavy atom. The van der Waals surface area contributed by atoms with Crippen molar-refractivity contribution in [1.29, 1.82) is 0 Å². The zero-order valence-corrected chi connectivity index (χ0v) is 12.7. The number of benzene rings is 1. The normalized spacial score (nSPS) is 13.8. The van der Waals surface area contributed by atoms with Crippen molar-refractivity contribution < 1.29 is 19.0 Å². The van der Waals surface area contributed by atoms with Gasteiger partial charge in [-0.1, -0.05) is 6.07 Å². The van der Waals surface area contributed by atoms with E-state index in [2.05, 4.69) is 5.32 Å². The van der Waals surface area contributed by atoms with E-state index in [9.17, 15) is 4.79 Å². The average Bonchev–Trinajstić information content (AvgIpc) is 3.33. The summed E-state index contributed by atoms with van der Waals surface area (Å²) >= 11 is 0. The van der Waals surface area contributed by atoms with Gasteiger partial charge in [-0.15, -0.1) is 0 Å². The summed E-state index contributed by atoms with van der Waals surface area (Å²) < 4.78 is 16.0. The fraction of sp³-hybridized carbons (Fsp3) is 0.562. The lowest BCUT2D eigenvalue weighted by Gasteiger charge is -2.12. The molecule has 0 heterocycles. The largest absolute Gasteiger partial charge is 0.493 e. The molecule has 0 aliphatic heterocycles. The summed E-state index contributed by atoms with van der Waals surface area (Å²) in [4.78, 5) is 12.2. The Balaban J connectivity index is 1.76. The summed E-state index contributed by atoms with van der Waals surface area (Å²) in [5.74, 6) is 1.63. The number of methoxy groups -OCH3 is 2. The summed E-state index contributed by atoms with van der Waals surface area (Å²) in [6.45, 7) is 2.13. The predicted molar refractivity (Wildman–Crippen MR) is 80.0 cm³/mol. The first-order chi connectivity index (χ1) is 10.3. The van der Waals surface area contributed by atoms with Gasteiger partial charge >= 0.3 is 0 Å². The maximum Gasteiger partial charge on any atom is 0.255 e. The highest BCUT2D eigenvalue weighted by molar-refractivity contribution is 5.97. The molecule has 1 aliphatic carbocycles. The first kappa shape index (κ1) is 15.6. The highest BCUT2D eigenvalue weighted by Crippen LogP contribution is 2.30. The third-order valence-corrected chi connectivity index (χ3v) is 3.45. The van der Waals surface area contributed by atoms with E-state index in [1.165, 1.54) is 20.0 Å². The van der Waals surface area contributed by atoms with Gasteiger partial charge in [0.25, 0.3) is 5.91 Å². The molecule has 0 unspecified atom stereocenters. The summed E-state index contributed by atoms with van der Waals surface area (Å²) in [5, 5.41) is 2.87. The van der Waals surface area contributed by atoms with E-state index < -0.39 is 0 Å². The minimum atomic E-state index is -0.159. The Morgan fingerprint density at radius 3 is 2.76 bits per heavy atom. The van der Waals surface area contributed by atoms with Crippen LogP contribution in [0.4, 0.5) is 0 Å². The SMILES string of the molecule is COc1cccc(C(=O)NCCCOCC2CC2)c1OC. The van der Waals surface area contributed by atoms with E-state index in [4.69, 9.17) is 14.2 Å². The standard InChI is InChI=1S/C16H23NO4/c1-19-14-6-3-5-13(15(14)20-2)16(18)17-9-4-10-21-11-12-7-8-12/h3,5-6,12H,4,7-11H2,1-2H3,(H,17,18). The number of carbonyl (C=O) groups is 1. The maximum absolute atomic E-state index is 12.2. The third-order valence-electron chi connectivity index (χ3n) is 3.45. The molecule has 116 valence electrons. The van der Waals surface area contributed by atoms with Gasteiger partial charge in [-0.2, -0.15) is 0 Å². The summed E-state index contributed by atoms with van der Waals surface area (Å²) in [7, 11) is 3.08. The number of ether oxygens (including phenoxy) is 3. The summed E-state index contributed by atoms with van der Waals surface area (Å²) in [6, 6.07) is 5.26. The van der Waals surface area contributed by atoms with Gasteiger partial charge in [0.2, 0.25) is 0 Å². The molecule has 0 spiro atoms. The molecule has 0 saturated heterocycles. The smallest absolute Gasteiger partial charge is 0.255 e. The molecule has 1 aromatic rings. The second-order valence-electron chi connectivity index (χ2n) is 5.17. The fourth-order valence-corrected chi connectivity index (χ4v) is 2.07. The van der Waals surface area contributed by atoms with Crippen molar-refractivity contribution in [2.45, 2.75) is 19.3 Å². The van der Waals surface area contributed by atoms with Crippen LogP contribution in [0.3, 0.4) is 0 Å². The molecule has 0 aromatic heterocycles. The van der Waals surface area contributed by atoms with Crippen LogP contribution in [0, 0.1) is 5.92 Å². The van der Waals surface area contributed by atoms with Crippen LogP contribution >= 0.6 is 0 Å². The minimum Gasteiger partial charge on any atom is -0.493 e. The molecule has 1 aromatic carbocycles. The molecular weight excluding hydrogens is 270 g/mol. The molecule has 5 nitrogen and oxygen atoms in total. The van der Waals surface area contributed by atoms with Gasteiger partial charge in [-0.25, -0.2) is 0 Å². The third kappa shape index (κ3) is 4.63. The number of rotatable bonds is 9. The van der Waals surface area contributed by atoms with Gasteiger partial charge in [-0.3, -0.25) is 4.79 Å². The molecule has 1 saturated carbocycles. The Kier molecular flexibility index (Phi) is 5.87. The highest BCUT2D eigenvalue weighted by Gasteiger charge is 2.21. The Hall–Kier alpha value is -1.75. The van der Waals surface area contributed by atoms with Crippen molar-refractivity contribution in [3.63, 3.8) is 0 Å². The first-order valence-electron chi connectivity index (χ1n) is 7.33. The fourth-order valence-electron chi connectivity index (χ4n) is 2.07. The van der Waals surface area contributed by atoms with Crippen LogP contribution in [0.15, 0.2) is 18.2 Å². The Labute approximate surface area is 125 Å². The average molecular weight is 293 g/mol. The van der Waals surface area contributed by atoms with E-state index in [0.717, 1.165) is 18.9 Å². The highest BCUT2D eigenvalue weighted by atomic mass is 16.5. The van der Waals surface area contributed by atoms with Crippen molar-refractivity contribution in [3.8, 4) is 11.5 Å². The van der Waals surface area contributed by atoms with Crippen molar-refractivity contribution >= 4 is 5.91 Å². The minimum absolute atomic E-state index is 0.159. The molecule has 5 heteroatoms. The van der Waals surface area contributed by atoms with Crippen LogP contribution in [0.1, 0.15) is 29.6 Å². The second-order valence-corrected chi connectivity index (χ2v) is 5.17. The second kappa shape index (κ2) is 7.88.